The van der Waals surface area contributed by atoms with E-state index in [0.29, 0.717) is 0 Å². The predicted octanol–water partition coefficient (Wildman–Crippen LogP) is 0.197. The highest BCUT2D eigenvalue weighted by Gasteiger charge is 2.21. The molecular weight excluding hydrogens is 230 g/mol. The van der Waals surface area contributed by atoms with E-state index in [2.05, 4.69) is 17.1 Å². The zero-order valence-electron chi connectivity index (χ0n) is 11.8. The molecule has 0 radical (unpaired) electrons. The van der Waals surface area contributed by atoms with Crippen LogP contribution in [0.25, 0.3) is 0 Å². The highest BCUT2D eigenvalue weighted by atomic mass is 16.5. The van der Waals surface area contributed by atoms with Crippen molar-refractivity contribution in [2.45, 2.75) is 39.3 Å². The van der Waals surface area contributed by atoms with E-state index in [9.17, 15) is 4.79 Å². The second kappa shape index (κ2) is 7.71. The lowest BCUT2D eigenvalue weighted by atomic mass is 9.99. The number of carbonyl (C=O) groups is 1. The van der Waals surface area contributed by atoms with Crippen molar-refractivity contribution in [2.75, 3.05) is 32.8 Å². The van der Waals surface area contributed by atoms with Crippen molar-refractivity contribution < 1.29 is 9.53 Å². The first kappa shape index (κ1) is 15.4. The third kappa shape index (κ3) is 4.92. The lowest BCUT2D eigenvalue weighted by Crippen LogP contribution is -2.51. The number of carbonyl (C=O) groups excluding carboxylic acids is 1. The molecule has 5 nitrogen and oxygen atoms in total. The Morgan fingerprint density at radius 1 is 1.39 bits per heavy atom. The van der Waals surface area contributed by atoms with E-state index in [1.807, 2.05) is 13.8 Å². The van der Waals surface area contributed by atoms with Crippen LogP contribution in [0.3, 0.4) is 0 Å². The Kier molecular flexibility index (Phi) is 6.60. The summed E-state index contributed by atoms with van der Waals surface area (Å²) in [6.07, 6.45) is 0.923. The van der Waals surface area contributed by atoms with Crippen LogP contribution in [0.4, 0.5) is 0 Å². The van der Waals surface area contributed by atoms with Gasteiger partial charge in [-0.25, -0.2) is 0 Å². The third-order valence-corrected chi connectivity index (χ3v) is 3.58. The Bertz CT molecular complexity index is 255. The van der Waals surface area contributed by atoms with Crippen molar-refractivity contribution in [3.05, 3.63) is 0 Å². The number of morpholine rings is 1. The average molecular weight is 257 g/mol. The van der Waals surface area contributed by atoms with Crippen LogP contribution in [0, 0.1) is 5.92 Å². The number of hydrogen-bond donors (Lipinski definition) is 2. The van der Waals surface area contributed by atoms with E-state index < -0.39 is 6.04 Å². The summed E-state index contributed by atoms with van der Waals surface area (Å²) in [5.74, 6) is 0.186. The van der Waals surface area contributed by atoms with Gasteiger partial charge in [-0.05, 0) is 12.8 Å². The molecule has 0 aromatic carbocycles. The van der Waals surface area contributed by atoms with Crippen molar-refractivity contribution >= 4 is 5.91 Å². The van der Waals surface area contributed by atoms with Gasteiger partial charge in [-0.1, -0.05) is 20.3 Å². The van der Waals surface area contributed by atoms with Gasteiger partial charge in [0.2, 0.25) is 5.91 Å². The molecule has 5 heteroatoms. The predicted molar refractivity (Wildman–Crippen MR) is 72.3 cm³/mol. The second-order valence-corrected chi connectivity index (χ2v) is 5.23. The fraction of sp³-hybridized carbons (Fsp3) is 0.923. The summed E-state index contributed by atoms with van der Waals surface area (Å²) in [5, 5.41) is 3.00. The molecule has 1 saturated heterocycles. The fourth-order valence-electron chi connectivity index (χ4n) is 2.07. The van der Waals surface area contributed by atoms with Gasteiger partial charge >= 0.3 is 0 Å². The summed E-state index contributed by atoms with van der Waals surface area (Å²) in [7, 11) is 0. The molecule has 1 aliphatic rings. The molecule has 0 saturated carbocycles. The Balaban J connectivity index is 2.29. The van der Waals surface area contributed by atoms with E-state index in [-0.39, 0.29) is 17.9 Å². The fourth-order valence-corrected chi connectivity index (χ4v) is 2.07. The van der Waals surface area contributed by atoms with Crippen LogP contribution in [-0.2, 0) is 9.53 Å². The lowest BCUT2D eigenvalue weighted by Gasteiger charge is -2.30. The molecule has 0 aliphatic carbocycles. The minimum atomic E-state index is -0.401. The summed E-state index contributed by atoms with van der Waals surface area (Å²) < 4.78 is 5.30. The molecule has 18 heavy (non-hydrogen) atoms. The zero-order chi connectivity index (χ0) is 13.5. The monoisotopic (exact) mass is 257 g/mol. The number of nitrogens with one attached hydrogen (secondary N) is 1. The van der Waals surface area contributed by atoms with Gasteiger partial charge in [0, 0.05) is 25.7 Å². The van der Waals surface area contributed by atoms with Crippen LogP contribution in [0.2, 0.25) is 0 Å². The zero-order valence-corrected chi connectivity index (χ0v) is 11.8. The van der Waals surface area contributed by atoms with Gasteiger partial charge in [-0.2, -0.15) is 0 Å². The molecule has 2 unspecified atom stereocenters. The normalized spacial score (nSPS) is 22.2. The molecule has 3 N–H and O–H groups in total. The minimum Gasteiger partial charge on any atom is -0.379 e. The quantitative estimate of drug-likeness (QED) is 0.713. The lowest BCUT2D eigenvalue weighted by molar-refractivity contribution is -0.124. The average Bonchev–Trinajstić information content (AvgIpc) is 2.37. The molecule has 0 spiro atoms. The third-order valence-electron chi connectivity index (χ3n) is 3.58. The van der Waals surface area contributed by atoms with Gasteiger partial charge in [0.1, 0.15) is 0 Å². The van der Waals surface area contributed by atoms with E-state index in [4.69, 9.17) is 10.5 Å². The van der Waals surface area contributed by atoms with Gasteiger partial charge in [-0.3, -0.25) is 9.69 Å². The topological polar surface area (TPSA) is 67.6 Å². The molecule has 1 aliphatic heterocycles. The Hall–Kier alpha value is -0.650. The number of hydrogen-bond acceptors (Lipinski definition) is 4. The summed E-state index contributed by atoms with van der Waals surface area (Å²) in [6, 6.07) is -0.271. The number of amides is 1. The summed E-state index contributed by atoms with van der Waals surface area (Å²) in [6.45, 7) is 10.4. The number of nitrogens with two attached hydrogens (primary N) is 1. The molecular formula is C13H27N3O2. The maximum absolute atomic E-state index is 11.9. The van der Waals surface area contributed by atoms with Crippen LogP contribution in [0.5, 0.6) is 0 Å². The first-order valence-electron chi connectivity index (χ1n) is 6.90. The summed E-state index contributed by atoms with van der Waals surface area (Å²) >= 11 is 0. The van der Waals surface area contributed by atoms with Crippen molar-refractivity contribution in [2.24, 2.45) is 11.7 Å². The first-order valence-corrected chi connectivity index (χ1v) is 6.90. The Morgan fingerprint density at radius 3 is 2.56 bits per heavy atom. The maximum Gasteiger partial charge on any atom is 0.237 e. The molecule has 1 rings (SSSR count). The van der Waals surface area contributed by atoms with E-state index >= 15 is 0 Å². The van der Waals surface area contributed by atoms with E-state index in [0.717, 1.165) is 39.3 Å². The van der Waals surface area contributed by atoms with Gasteiger partial charge in [0.05, 0.1) is 19.3 Å². The highest BCUT2D eigenvalue weighted by Crippen LogP contribution is 2.06. The van der Waals surface area contributed by atoms with Crippen molar-refractivity contribution in [3.8, 4) is 0 Å². The largest absolute Gasteiger partial charge is 0.379 e. The molecule has 0 aromatic rings. The van der Waals surface area contributed by atoms with Gasteiger partial charge in [-0.15, -0.1) is 0 Å². The minimum absolute atomic E-state index is 0.0369. The SMILES string of the molecule is CCC(C)[C@H](N)C(=O)NC(C)CN1CCOCC1. The number of rotatable bonds is 6. The summed E-state index contributed by atoms with van der Waals surface area (Å²) in [4.78, 5) is 14.2. The van der Waals surface area contributed by atoms with Crippen molar-refractivity contribution in [1.82, 2.24) is 10.2 Å². The molecule has 1 heterocycles. The molecule has 1 fully saturated rings. The molecule has 3 atom stereocenters. The number of nitrogens with zero attached hydrogens (tertiary/aromatic N) is 1. The first-order chi connectivity index (χ1) is 8.54. The van der Waals surface area contributed by atoms with E-state index in [1.165, 1.54) is 0 Å². The maximum atomic E-state index is 11.9. The Morgan fingerprint density at radius 2 is 2.00 bits per heavy atom. The van der Waals surface area contributed by atoms with Crippen LogP contribution in [0.1, 0.15) is 27.2 Å². The molecule has 1 amide bonds. The summed E-state index contributed by atoms with van der Waals surface area (Å²) in [5.41, 5.74) is 5.91. The molecule has 0 aromatic heterocycles. The van der Waals surface area contributed by atoms with Crippen LogP contribution >= 0.6 is 0 Å². The van der Waals surface area contributed by atoms with Gasteiger partial charge in [0.15, 0.2) is 0 Å². The smallest absolute Gasteiger partial charge is 0.237 e. The molecule has 0 bridgehead atoms. The van der Waals surface area contributed by atoms with E-state index in [1.54, 1.807) is 0 Å². The molecule has 106 valence electrons. The second-order valence-electron chi connectivity index (χ2n) is 5.23. The van der Waals surface area contributed by atoms with Crippen molar-refractivity contribution in [1.29, 1.82) is 0 Å². The van der Waals surface area contributed by atoms with Crippen molar-refractivity contribution in [3.63, 3.8) is 0 Å². The Labute approximate surface area is 110 Å². The van der Waals surface area contributed by atoms with Crippen LogP contribution < -0.4 is 11.1 Å². The number of ether oxygens (including phenoxy) is 1. The standard InChI is InChI=1S/C13H27N3O2/c1-4-10(2)12(14)13(17)15-11(3)9-16-5-7-18-8-6-16/h10-12H,4-9,14H2,1-3H3,(H,15,17)/t10?,11?,12-/m0/s1. The van der Waals surface area contributed by atoms with Gasteiger partial charge in [0.25, 0.3) is 0 Å². The van der Waals surface area contributed by atoms with Crippen LogP contribution in [-0.4, -0.2) is 55.7 Å². The highest BCUT2D eigenvalue weighted by molar-refractivity contribution is 5.82. The van der Waals surface area contributed by atoms with Crippen LogP contribution in [0.15, 0.2) is 0 Å². The van der Waals surface area contributed by atoms with Gasteiger partial charge < -0.3 is 15.8 Å².